The van der Waals surface area contributed by atoms with Gasteiger partial charge in [0.2, 0.25) is 4.96 Å². The molecule has 4 heterocycles. The van der Waals surface area contributed by atoms with Crippen molar-refractivity contribution in [1.29, 1.82) is 0 Å². The molecule has 1 aromatic carbocycles. The number of aromatic nitrogens is 7. The first-order valence-electron chi connectivity index (χ1n) is 9.36. The molecule has 5 rings (SSSR count). The summed E-state index contributed by atoms with van der Waals surface area (Å²) in [6.07, 6.45) is 6.39. The molecule has 0 amide bonds. The van der Waals surface area contributed by atoms with Crippen LogP contribution >= 0.6 is 11.3 Å². The molecule has 0 saturated heterocycles. The molecule has 0 saturated carbocycles. The Hall–Kier alpha value is -3.17. The van der Waals surface area contributed by atoms with Crippen molar-refractivity contribution in [3.63, 3.8) is 0 Å². The number of fused-ring (bicyclic) bond motifs is 2. The molecule has 0 spiro atoms. The summed E-state index contributed by atoms with van der Waals surface area (Å²) in [6.45, 7) is 2.08. The van der Waals surface area contributed by atoms with Gasteiger partial charge >= 0.3 is 0 Å². The average molecular weight is 405 g/mol. The molecule has 146 valence electrons. The van der Waals surface area contributed by atoms with Gasteiger partial charge in [0.1, 0.15) is 5.01 Å². The molecule has 0 bridgehead atoms. The summed E-state index contributed by atoms with van der Waals surface area (Å²) in [5, 5.41) is 22.9. The number of hydrogen-bond donors (Lipinski definition) is 1. The second-order valence-corrected chi connectivity index (χ2v) is 8.08. The van der Waals surface area contributed by atoms with Gasteiger partial charge in [0.25, 0.3) is 0 Å². The van der Waals surface area contributed by atoms with Crippen LogP contribution in [0, 0.1) is 0 Å². The van der Waals surface area contributed by atoms with E-state index in [1.165, 1.54) is 0 Å². The zero-order valence-electron chi connectivity index (χ0n) is 16.4. The second-order valence-electron chi connectivity index (χ2n) is 7.09. The van der Waals surface area contributed by atoms with Gasteiger partial charge in [-0.2, -0.15) is 14.7 Å². The molecule has 0 aliphatic rings. The molecule has 0 aliphatic heterocycles. The molecule has 0 radical (unpaired) electrons. The van der Waals surface area contributed by atoms with Crippen LogP contribution in [0.5, 0.6) is 0 Å². The summed E-state index contributed by atoms with van der Waals surface area (Å²) in [5.74, 6) is 0.835. The Labute approximate surface area is 171 Å². The van der Waals surface area contributed by atoms with Gasteiger partial charge in [-0.3, -0.25) is 9.67 Å². The third-order valence-corrected chi connectivity index (χ3v) is 6.10. The van der Waals surface area contributed by atoms with Gasteiger partial charge in [0.05, 0.1) is 17.8 Å². The van der Waals surface area contributed by atoms with E-state index in [-0.39, 0.29) is 6.04 Å². The van der Waals surface area contributed by atoms with Crippen LogP contribution in [0.25, 0.3) is 27.0 Å². The Balaban J connectivity index is 1.48. The maximum atomic E-state index is 4.68. The van der Waals surface area contributed by atoms with E-state index in [9.17, 15) is 0 Å². The SMILES string of the molecule is CN[C@H](C)c1nn2c(Cc3ccc4ncc(-c5cnn(C)c5)cc4c3)nnc2s1. The van der Waals surface area contributed by atoms with Crippen LogP contribution < -0.4 is 5.32 Å². The van der Waals surface area contributed by atoms with E-state index in [0.29, 0.717) is 6.42 Å². The number of rotatable bonds is 5. The van der Waals surface area contributed by atoms with Crippen molar-refractivity contribution in [2.75, 3.05) is 7.05 Å². The van der Waals surface area contributed by atoms with Gasteiger partial charge < -0.3 is 5.32 Å². The highest BCUT2D eigenvalue weighted by Crippen LogP contribution is 2.25. The Kier molecular flexibility index (Phi) is 4.33. The van der Waals surface area contributed by atoms with Gasteiger partial charge in [0, 0.05) is 42.4 Å². The van der Waals surface area contributed by atoms with E-state index < -0.39 is 0 Å². The Morgan fingerprint density at radius 1 is 1.14 bits per heavy atom. The predicted octanol–water partition coefficient (Wildman–Crippen LogP) is 3.01. The summed E-state index contributed by atoms with van der Waals surface area (Å²) in [5.41, 5.74) is 4.22. The maximum absolute atomic E-state index is 4.68. The Bertz CT molecular complexity index is 1310. The van der Waals surface area contributed by atoms with Gasteiger partial charge in [-0.25, -0.2) is 0 Å². The molecule has 9 heteroatoms. The van der Waals surface area contributed by atoms with Crippen LogP contribution in [-0.2, 0) is 13.5 Å². The average Bonchev–Trinajstić information content (AvgIpc) is 3.44. The highest BCUT2D eigenvalue weighted by atomic mass is 32.1. The Morgan fingerprint density at radius 2 is 2.03 bits per heavy atom. The molecule has 0 fully saturated rings. The number of benzene rings is 1. The number of pyridine rings is 1. The fourth-order valence-corrected chi connectivity index (χ4v) is 4.20. The van der Waals surface area contributed by atoms with Crippen molar-refractivity contribution in [1.82, 2.24) is 39.9 Å². The van der Waals surface area contributed by atoms with Crippen molar-refractivity contribution in [2.45, 2.75) is 19.4 Å². The Morgan fingerprint density at radius 3 is 2.83 bits per heavy atom. The summed E-state index contributed by atoms with van der Waals surface area (Å²) in [7, 11) is 3.84. The fourth-order valence-electron chi connectivity index (χ4n) is 3.28. The fraction of sp³-hybridized carbons (Fsp3) is 0.250. The van der Waals surface area contributed by atoms with Crippen LogP contribution in [-0.4, -0.2) is 41.6 Å². The molecule has 5 aromatic rings. The van der Waals surface area contributed by atoms with E-state index in [1.54, 1.807) is 16.0 Å². The van der Waals surface area contributed by atoms with Gasteiger partial charge in [-0.15, -0.1) is 10.2 Å². The smallest absolute Gasteiger partial charge is 0.234 e. The summed E-state index contributed by atoms with van der Waals surface area (Å²) >= 11 is 1.56. The standard InChI is InChI=1S/C20H20N8S/c1-12(21-2)19-26-28-18(24-25-20(28)29-19)7-13-4-5-17-14(6-13)8-15(9-22-17)16-10-23-27(3)11-16/h4-6,8-12,21H,7H2,1-3H3/t12-/m1/s1. The number of hydrogen-bond acceptors (Lipinski definition) is 7. The number of nitrogens with zero attached hydrogens (tertiary/aromatic N) is 7. The van der Waals surface area contributed by atoms with E-state index in [0.717, 1.165) is 43.4 Å². The third-order valence-electron chi connectivity index (χ3n) is 5.02. The molecule has 0 unspecified atom stereocenters. The zero-order valence-corrected chi connectivity index (χ0v) is 17.2. The topological polar surface area (TPSA) is 85.8 Å². The molecule has 8 nitrogen and oxygen atoms in total. The van der Waals surface area contributed by atoms with Crippen LogP contribution in [0.1, 0.15) is 29.4 Å². The molecular formula is C20H20N8S. The molecule has 1 atom stereocenters. The highest BCUT2D eigenvalue weighted by molar-refractivity contribution is 7.16. The highest BCUT2D eigenvalue weighted by Gasteiger charge is 2.15. The van der Waals surface area contributed by atoms with Crippen LogP contribution in [0.15, 0.2) is 42.9 Å². The first kappa shape index (κ1) is 17.9. The van der Waals surface area contributed by atoms with Gasteiger partial charge in [-0.05, 0) is 37.7 Å². The lowest BCUT2D eigenvalue weighted by Crippen LogP contribution is -2.12. The number of aryl methyl sites for hydroxylation is 1. The van der Waals surface area contributed by atoms with E-state index in [4.69, 9.17) is 0 Å². The van der Waals surface area contributed by atoms with Crippen molar-refractivity contribution in [2.24, 2.45) is 7.05 Å². The lowest BCUT2D eigenvalue weighted by molar-refractivity contribution is 0.631. The van der Waals surface area contributed by atoms with Crippen LogP contribution in [0.3, 0.4) is 0 Å². The summed E-state index contributed by atoms with van der Waals surface area (Å²) in [4.78, 5) is 5.42. The molecule has 4 aromatic heterocycles. The minimum atomic E-state index is 0.187. The first-order chi connectivity index (χ1) is 14.1. The zero-order chi connectivity index (χ0) is 20.0. The van der Waals surface area contributed by atoms with Crippen molar-refractivity contribution in [3.05, 3.63) is 59.3 Å². The predicted molar refractivity (Wildman–Crippen MR) is 113 cm³/mol. The van der Waals surface area contributed by atoms with Crippen LogP contribution in [0.2, 0.25) is 0 Å². The second kappa shape index (κ2) is 7.02. The third kappa shape index (κ3) is 3.28. The largest absolute Gasteiger partial charge is 0.311 e. The normalized spacial score (nSPS) is 12.8. The molecule has 0 aliphatic carbocycles. The molecule has 29 heavy (non-hydrogen) atoms. The summed E-state index contributed by atoms with van der Waals surface area (Å²) < 4.78 is 3.64. The van der Waals surface area contributed by atoms with Crippen molar-refractivity contribution >= 4 is 27.2 Å². The van der Waals surface area contributed by atoms with Gasteiger partial charge in [0.15, 0.2) is 5.82 Å². The lowest BCUT2D eigenvalue weighted by atomic mass is 10.0. The van der Waals surface area contributed by atoms with E-state index in [2.05, 4.69) is 55.8 Å². The summed E-state index contributed by atoms with van der Waals surface area (Å²) in [6, 6.07) is 8.63. The number of nitrogens with one attached hydrogen (secondary N) is 1. The van der Waals surface area contributed by atoms with Crippen molar-refractivity contribution in [3.8, 4) is 11.1 Å². The van der Waals surface area contributed by atoms with Crippen LogP contribution in [0.4, 0.5) is 0 Å². The molecule has 1 N–H and O–H groups in total. The maximum Gasteiger partial charge on any atom is 0.234 e. The molecular weight excluding hydrogens is 384 g/mol. The first-order valence-corrected chi connectivity index (χ1v) is 10.2. The van der Waals surface area contributed by atoms with Gasteiger partial charge in [-0.1, -0.05) is 17.4 Å². The van der Waals surface area contributed by atoms with Crippen molar-refractivity contribution < 1.29 is 0 Å². The minimum Gasteiger partial charge on any atom is -0.311 e. The monoisotopic (exact) mass is 404 g/mol. The van der Waals surface area contributed by atoms with E-state index >= 15 is 0 Å². The van der Waals surface area contributed by atoms with E-state index in [1.807, 2.05) is 43.3 Å². The lowest BCUT2D eigenvalue weighted by Gasteiger charge is -2.05. The quantitative estimate of drug-likeness (QED) is 0.485. The minimum absolute atomic E-state index is 0.187.